The lowest BCUT2D eigenvalue weighted by Gasteiger charge is -2.39. The number of rotatable bonds is 5. The van der Waals surface area contributed by atoms with Gasteiger partial charge in [-0.2, -0.15) is 0 Å². The summed E-state index contributed by atoms with van der Waals surface area (Å²) in [5.74, 6) is 0.210. The molecule has 0 spiro atoms. The highest BCUT2D eigenvalue weighted by molar-refractivity contribution is 6.30. The van der Waals surface area contributed by atoms with Crippen LogP contribution in [0.3, 0.4) is 0 Å². The second kappa shape index (κ2) is 7.63. The first kappa shape index (κ1) is 16.7. The summed E-state index contributed by atoms with van der Waals surface area (Å²) in [4.78, 5) is 19.3. The Bertz CT molecular complexity index is 699. The maximum Gasteiger partial charge on any atom is 0.226 e. The van der Waals surface area contributed by atoms with Crippen LogP contribution in [0.1, 0.15) is 36.6 Å². The van der Waals surface area contributed by atoms with E-state index in [9.17, 15) is 4.79 Å². The van der Waals surface area contributed by atoms with E-state index in [1.165, 1.54) is 0 Å². The standard InChI is InChI=1S/C20H21ClN2O/c1-2-5-16-9-12-19(15-7-10-17(21)11-8-15)23(20(16)24)14-18-6-3-4-13-22-18/h2-4,6-8,10-11,13,16,19H,1,5,9,12,14H2/t16-,19-/m0/s1. The van der Waals surface area contributed by atoms with Crippen LogP contribution in [0, 0.1) is 5.92 Å². The van der Waals surface area contributed by atoms with Crippen LogP contribution in [-0.2, 0) is 11.3 Å². The van der Waals surface area contributed by atoms with Gasteiger partial charge in [0.25, 0.3) is 0 Å². The average Bonchev–Trinajstić information content (AvgIpc) is 2.61. The molecule has 1 aliphatic heterocycles. The monoisotopic (exact) mass is 340 g/mol. The van der Waals surface area contributed by atoms with E-state index in [0.29, 0.717) is 11.6 Å². The number of carbonyl (C=O) groups is 1. The number of pyridine rings is 1. The number of aromatic nitrogens is 1. The van der Waals surface area contributed by atoms with E-state index in [0.717, 1.165) is 30.5 Å². The molecular formula is C20H21ClN2O. The zero-order chi connectivity index (χ0) is 16.9. The molecule has 2 aromatic rings. The Labute approximate surface area is 148 Å². The Kier molecular flexibility index (Phi) is 5.31. The fraction of sp³-hybridized carbons (Fsp3) is 0.300. The summed E-state index contributed by atoms with van der Waals surface area (Å²) in [5.41, 5.74) is 2.03. The van der Waals surface area contributed by atoms with Gasteiger partial charge in [-0.1, -0.05) is 35.9 Å². The summed E-state index contributed by atoms with van der Waals surface area (Å²) in [5, 5.41) is 0.710. The van der Waals surface area contributed by atoms with Gasteiger partial charge in [0.1, 0.15) is 0 Å². The molecule has 0 unspecified atom stereocenters. The fourth-order valence-electron chi connectivity index (χ4n) is 3.33. The number of hydrogen-bond acceptors (Lipinski definition) is 2. The fourth-order valence-corrected chi connectivity index (χ4v) is 3.46. The molecule has 3 rings (SSSR count). The van der Waals surface area contributed by atoms with Crippen molar-refractivity contribution in [1.82, 2.24) is 9.88 Å². The minimum atomic E-state index is 0.0229. The van der Waals surface area contributed by atoms with Gasteiger partial charge in [0, 0.05) is 17.1 Å². The third-order valence-corrected chi connectivity index (χ3v) is 4.81. The topological polar surface area (TPSA) is 33.2 Å². The highest BCUT2D eigenvalue weighted by Gasteiger charge is 2.35. The van der Waals surface area contributed by atoms with Crippen molar-refractivity contribution in [2.75, 3.05) is 0 Å². The number of hydrogen-bond donors (Lipinski definition) is 0. The maximum absolute atomic E-state index is 13.0. The quantitative estimate of drug-likeness (QED) is 0.733. The van der Waals surface area contributed by atoms with E-state index in [-0.39, 0.29) is 17.9 Å². The van der Waals surface area contributed by atoms with Gasteiger partial charge < -0.3 is 4.90 Å². The van der Waals surface area contributed by atoms with E-state index < -0.39 is 0 Å². The van der Waals surface area contributed by atoms with Gasteiger partial charge in [0.05, 0.1) is 18.3 Å². The molecule has 1 fully saturated rings. The summed E-state index contributed by atoms with van der Waals surface area (Å²) in [6.07, 6.45) is 6.16. The number of likely N-dealkylation sites (tertiary alicyclic amines) is 1. The number of carbonyl (C=O) groups excluding carboxylic acids is 1. The summed E-state index contributed by atoms with van der Waals surface area (Å²) >= 11 is 6.01. The third kappa shape index (κ3) is 3.68. The number of piperidine rings is 1. The second-order valence-corrected chi connectivity index (χ2v) is 6.59. The lowest BCUT2D eigenvalue weighted by molar-refractivity contribution is -0.142. The first-order valence-corrected chi connectivity index (χ1v) is 8.63. The number of allylic oxidation sites excluding steroid dienone is 1. The number of benzene rings is 1. The van der Waals surface area contributed by atoms with Gasteiger partial charge in [-0.3, -0.25) is 9.78 Å². The normalized spacial score (nSPS) is 20.9. The summed E-state index contributed by atoms with van der Waals surface area (Å²) < 4.78 is 0. The highest BCUT2D eigenvalue weighted by atomic mass is 35.5. The lowest BCUT2D eigenvalue weighted by atomic mass is 9.86. The molecule has 0 saturated carbocycles. The van der Waals surface area contributed by atoms with Crippen molar-refractivity contribution in [3.8, 4) is 0 Å². The van der Waals surface area contributed by atoms with Crippen LogP contribution < -0.4 is 0 Å². The van der Waals surface area contributed by atoms with Gasteiger partial charge in [-0.05, 0) is 49.1 Å². The Morgan fingerprint density at radius 2 is 2.00 bits per heavy atom. The summed E-state index contributed by atoms with van der Waals surface area (Å²) in [6.45, 7) is 4.32. The Morgan fingerprint density at radius 3 is 2.67 bits per heavy atom. The first-order valence-electron chi connectivity index (χ1n) is 8.26. The van der Waals surface area contributed by atoms with Crippen LogP contribution in [0.2, 0.25) is 5.02 Å². The van der Waals surface area contributed by atoms with Gasteiger partial charge in [-0.25, -0.2) is 0 Å². The number of amides is 1. The van der Waals surface area contributed by atoms with E-state index in [1.54, 1.807) is 6.20 Å². The second-order valence-electron chi connectivity index (χ2n) is 6.15. The molecule has 1 aliphatic rings. The van der Waals surface area contributed by atoms with Crippen LogP contribution >= 0.6 is 11.6 Å². The molecule has 2 atom stereocenters. The third-order valence-electron chi connectivity index (χ3n) is 4.56. The molecule has 0 aliphatic carbocycles. The molecule has 0 N–H and O–H groups in total. The average molecular weight is 341 g/mol. The van der Waals surface area contributed by atoms with Crippen molar-refractivity contribution in [2.45, 2.75) is 31.8 Å². The largest absolute Gasteiger partial charge is 0.330 e. The van der Waals surface area contributed by atoms with E-state index in [2.05, 4.69) is 11.6 Å². The Morgan fingerprint density at radius 1 is 1.21 bits per heavy atom. The van der Waals surface area contributed by atoms with Gasteiger partial charge in [0.2, 0.25) is 5.91 Å². The van der Waals surface area contributed by atoms with Crippen molar-refractivity contribution in [3.05, 3.63) is 77.6 Å². The molecule has 24 heavy (non-hydrogen) atoms. The van der Waals surface area contributed by atoms with Crippen LogP contribution in [0.25, 0.3) is 0 Å². The Balaban J connectivity index is 1.89. The van der Waals surface area contributed by atoms with Gasteiger partial charge >= 0.3 is 0 Å². The molecule has 1 amide bonds. The molecule has 1 aromatic heterocycles. The van der Waals surface area contributed by atoms with Crippen LogP contribution in [0.4, 0.5) is 0 Å². The molecule has 124 valence electrons. The van der Waals surface area contributed by atoms with Crippen molar-refractivity contribution < 1.29 is 4.79 Å². The molecule has 1 aromatic carbocycles. The predicted molar refractivity (Wildman–Crippen MR) is 96.5 cm³/mol. The first-order chi connectivity index (χ1) is 11.7. The molecule has 1 saturated heterocycles. The van der Waals surface area contributed by atoms with Crippen molar-refractivity contribution in [2.24, 2.45) is 5.92 Å². The zero-order valence-corrected chi connectivity index (χ0v) is 14.3. The number of nitrogens with zero attached hydrogens (tertiary/aromatic N) is 2. The van der Waals surface area contributed by atoms with E-state index in [4.69, 9.17) is 11.6 Å². The van der Waals surface area contributed by atoms with Gasteiger partial charge in [0.15, 0.2) is 0 Å². The van der Waals surface area contributed by atoms with Crippen LogP contribution in [0.15, 0.2) is 61.3 Å². The summed E-state index contributed by atoms with van der Waals surface area (Å²) in [7, 11) is 0. The van der Waals surface area contributed by atoms with E-state index in [1.807, 2.05) is 53.4 Å². The van der Waals surface area contributed by atoms with Crippen LogP contribution in [0.5, 0.6) is 0 Å². The van der Waals surface area contributed by atoms with Crippen molar-refractivity contribution in [3.63, 3.8) is 0 Å². The Hall–Kier alpha value is -2.13. The maximum atomic E-state index is 13.0. The zero-order valence-electron chi connectivity index (χ0n) is 13.6. The molecule has 2 heterocycles. The SMILES string of the molecule is C=CC[C@H]1CC[C@@H](c2ccc(Cl)cc2)N(Cc2ccccn2)C1=O. The summed E-state index contributed by atoms with van der Waals surface area (Å²) in [6, 6.07) is 13.7. The van der Waals surface area contributed by atoms with Crippen molar-refractivity contribution in [1.29, 1.82) is 0 Å². The molecule has 3 nitrogen and oxygen atoms in total. The highest BCUT2D eigenvalue weighted by Crippen LogP contribution is 2.36. The smallest absolute Gasteiger partial charge is 0.226 e. The lowest BCUT2D eigenvalue weighted by Crippen LogP contribution is -2.42. The molecule has 0 bridgehead atoms. The van der Waals surface area contributed by atoms with Gasteiger partial charge in [-0.15, -0.1) is 6.58 Å². The number of halogens is 1. The molecular weight excluding hydrogens is 320 g/mol. The molecule has 4 heteroatoms. The molecule has 0 radical (unpaired) electrons. The predicted octanol–water partition coefficient (Wildman–Crippen LogP) is 4.79. The van der Waals surface area contributed by atoms with Crippen molar-refractivity contribution >= 4 is 17.5 Å². The van der Waals surface area contributed by atoms with E-state index >= 15 is 0 Å². The minimum absolute atomic E-state index is 0.0229. The van der Waals surface area contributed by atoms with Crippen LogP contribution in [-0.4, -0.2) is 15.8 Å². The minimum Gasteiger partial charge on any atom is -0.330 e.